The highest BCUT2D eigenvalue weighted by molar-refractivity contribution is 5.95. The Balaban J connectivity index is 0.000000207. The van der Waals surface area contributed by atoms with Gasteiger partial charge in [-0.1, -0.05) is 26.8 Å². The number of hydrogen-bond acceptors (Lipinski definition) is 7. The molecule has 0 unspecified atom stereocenters. The van der Waals surface area contributed by atoms with Crippen molar-refractivity contribution in [2.45, 2.75) is 26.2 Å². The van der Waals surface area contributed by atoms with Crippen LogP contribution in [0.25, 0.3) is 22.3 Å². The average molecular weight is 442 g/mol. The van der Waals surface area contributed by atoms with E-state index in [0.717, 1.165) is 0 Å². The first kappa shape index (κ1) is 22.3. The number of carbonyl (C=O) groups is 2. The van der Waals surface area contributed by atoms with Crippen LogP contribution in [0.15, 0.2) is 39.7 Å². The van der Waals surface area contributed by atoms with E-state index in [1.54, 1.807) is 12.1 Å². The number of halogens is 1. The molecule has 0 aliphatic heterocycles. The van der Waals surface area contributed by atoms with E-state index in [-0.39, 0.29) is 16.9 Å². The molecule has 1 aromatic carbocycles. The van der Waals surface area contributed by atoms with Gasteiger partial charge in [0.05, 0.1) is 11.1 Å². The van der Waals surface area contributed by atoms with Crippen molar-refractivity contribution >= 4 is 23.0 Å². The second-order valence-corrected chi connectivity index (χ2v) is 7.69. The zero-order valence-corrected chi connectivity index (χ0v) is 17.3. The highest BCUT2D eigenvalue weighted by atomic mass is 19.1. The van der Waals surface area contributed by atoms with Crippen molar-refractivity contribution < 1.29 is 23.5 Å². The van der Waals surface area contributed by atoms with Gasteiger partial charge in [0.25, 0.3) is 5.91 Å². The minimum atomic E-state index is -1.20. The van der Waals surface area contributed by atoms with Crippen LogP contribution in [-0.2, 0) is 5.41 Å². The summed E-state index contributed by atoms with van der Waals surface area (Å²) in [4.78, 5) is 41.8. The number of imidazole rings is 1. The van der Waals surface area contributed by atoms with Crippen LogP contribution >= 0.6 is 0 Å². The standard InChI is InChI=1S/C13H9FN4O2.C7H10N2O3/c14-9-5-6(1-2-8(9)11(15)19)7-3-4-16-12-10(7)17-13(20)18-12;1-7(2,3)6-9-8-4(12-6)5(10)11/h1-5H,(H2,15,19)(H2,16,17,18,20);1-3H3,(H,10,11). The van der Waals surface area contributed by atoms with Gasteiger partial charge in [-0.3, -0.25) is 9.78 Å². The van der Waals surface area contributed by atoms with E-state index in [9.17, 15) is 18.8 Å². The summed E-state index contributed by atoms with van der Waals surface area (Å²) >= 11 is 0. The SMILES string of the molecule is CC(C)(C)c1nnc(C(=O)O)o1.NC(=O)c1ccc(-c2ccnc3[nH]c(=O)[nH]c23)cc1F. The minimum absolute atomic E-state index is 0.179. The van der Waals surface area contributed by atoms with Gasteiger partial charge in [0.1, 0.15) is 5.82 Å². The predicted molar refractivity (Wildman–Crippen MR) is 111 cm³/mol. The number of amides is 1. The number of pyridine rings is 1. The third kappa shape index (κ3) is 4.69. The minimum Gasteiger partial charge on any atom is -0.474 e. The summed E-state index contributed by atoms with van der Waals surface area (Å²) in [5.74, 6) is -2.76. The molecule has 0 saturated carbocycles. The van der Waals surface area contributed by atoms with Gasteiger partial charge >= 0.3 is 17.5 Å². The highest BCUT2D eigenvalue weighted by Crippen LogP contribution is 2.26. The molecule has 3 heterocycles. The van der Waals surface area contributed by atoms with Gasteiger partial charge in [-0.2, -0.15) is 0 Å². The van der Waals surface area contributed by atoms with Crippen molar-refractivity contribution in [3.8, 4) is 11.1 Å². The van der Waals surface area contributed by atoms with Crippen molar-refractivity contribution in [1.29, 1.82) is 0 Å². The largest absolute Gasteiger partial charge is 0.474 e. The number of nitrogens with zero attached hydrogens (tertiary/aromatic N) is 3. The number of aromatic nitrogens is 5. The molecule has 0 atom stereocenters. The first-order valence-electron chi connectivity index (χ1n) is 9.21. The van der Waals surface area contributed by atoms with Crippen LogP contribution in [0.4, 0.5) is 4.39 Å². The molecule has 0 fully saturated rings. The summed E-state index contributed by atoms with van der Waals surface area (Å²) in [5.41, 5.74) is 6.14. The Hall–Kier alpha value is -4.35. The number of H-pyrrole nitrogens is 2. The number of carbonyl (C=O) groups excluding carboxylic acids is 1. The lowest BCUT2D eigenvalue weighted by Crippen LogP contribution is -2.12. The van der Waals surface area contributed by atoms with Gasteiger partial charge in [0, 0.05) is 17.2 Å². The number of fused-ring (bicyclic) bond motifs is 1. The molecule has 4 rings (SSSR count). The van der Waals surface area contributed by atoms with Crippen LogP contribution in [0, 0.1) is 5.82 Å². The van der Waals surface area contributed by atoms with E-state index >= 15 is 0 Å². The number of primary amides is 1. The number of carboxylic acids is 1. The second-order valence-electron chi connectivity index (χ2n) is 7.69. The fourth-order valence-corrected chi connectivity index (χ4v) is 2.67. The van der Waals surface area contributed by atoms with Crippen LogP contribution in [0.5, 0.6) is 0 Å². The first-order chi connectivity index (χ1) is 15.0. The number of nitrogens with two attached hydrogens (primary N) is 1. The summed E-state index contributed by atoms with van der Waals surface area (Å²) in [5, 5.41) is 15.4. The van der Waals surface area contributed by atoms with Crippen molar-refractivity contribution in [2.75, 3.05) is 0 Å². The van der Waals surface area contributed by atoms with E-state index in [4.69, 9.17) is 15.3 Å². The number of aromatic amines is 2. The van der Waals surface area contributed by atoms with Crippen molar-refractivity contribution in [3.05, 3.63) is 64.1 Å². The van der Waals surface area contributed by atoms with Crippen molar-refractivity contribution in [3.63, 3.8) is 0 Å². The van der Waals surface area contributed by atoms with Crippen LogP contribution in [0.1, 0.15) is 47.7 Å². The molecule has 0 aliphatic rings. The fourth-order valence-electron chi connectivity index (χ4n) is 2.67. The lowest BCUT2D eigenvalue weighted by molar-refractivity contribution is 0.0649. The van der Waals surface area contributed by atoms with E-state index in [1.807, 2.05) is 20.8 Å². The molecule has 5 N–H and O–H groups in total. The van der Waals surface area contributed by atoms with Crippen LogP contribution < -0.4 is 11.4 Å². The third-order valence-electron chi connectivity index (χ3n) is 4.22. The third-order valence-corrected chi connectivity index (χ3v) is 4.22. The number of benzene rings is 1. The smallest absolute Gasteiger partial charge is 0.393 e. The average Bonchev–Trinajstić information content (AvgIpc) is 3.34. The number of nitrogens with one attached hydrogen (secondary N) is 2. The Kier molecular flexibility index (Phi) is 5.87. The van der Waals surface area contributed by atoms with Crippen LogP contribution in [0.2, 0.25) is 0 Å². The molecular weight excluding hydrogens is 423 g/mol. The summed E-state index contributed by atoms with van der Waals surface area (Å²) in [6.07, 6.45) is 1.50. The number of carboxylic acid groups (broad SMARTS) is 1. The zero-order chi connectivity index (χ0) is 23.6. The number of rotatable bonds is 3. The first-order valence-corrected chi connectivity index (χ1v) is 9.21. The lowest BCUT2D eigenvalue weighted by Gasteiger charge is -2.10. The Morgan fingerprint density at radius 2 is 1.88 bits per heavy atom. The fraction of sp³-hybridized carbons (Fsp3) is 0.200. The maximum absolute atomic E-state index is 13.8. The van der Waals surface area contributed by atoms with Gasteiger partial charge in [0.15, 0.2) is 5.65 Å². The Morgan fingerprint density at radius 1 is 1.16 bits per heavy atom. The number of hydrogen-bond donors (Lipinski definition) is 4. The van der Waals surface area contributed by atoms with E-state index in [0.29, 0.717) is 28.2 Å². The summed E-state index contributed by atoms with van der Waals surface area (Å²) in [7, 11) is 0. The predicted octanol–water partition coefficient (Wildman–Crippen LogP) is 2.22. The van der Waals surface area contributed by atoms with E-state index in [2.05, 4.69) is 25.1 Å². The van der Waals surface area contributed by atoms with Gasteiger partial charge < -0.3 is 20.2 Å². The molecule has 0 bridgehead atoms. The second kappa shape index (κ2) is 8.41. The quantitative estimate of drug-likeness (QED) is 0.372. The molecule has 0 saturated heterocycles. The molecule has 0 spiro atoms. The molecule has 12 heteroatoms. The molecular formula is C20H19FN6O5. The summed E-state index contributed by atoms with van der Waals surface area (Å²) < 4.78 is 18.7. The van der Waals surface area contributed by atoms with Crippen LogP contribution in [-0.4, -0.2) is 42.1 Å². The normalized spacial score (nSPS) is 11.1. The van der Waals surface area contributed by atoms with Crippen molar-refractivity contribution in [1.82, 2.24) is 25.1 Å². The molecule has 0 aliphatic carbocycles. The van der Waals surface area contributed by atoms with E-state index in [1.165, 1.54) is 18.3 Å². The van der Waals surface area contributed by atoms with Gasteiger partial charge in [0.2, 0.25) is 5.89 Å². The van der Waals surface area contributed by atoms with Gasteiger partial charge in [-0.15, -0.1) is 10.2 Å². The molecule has 3 aromatic heterocycles. The summed E-state index contributed by atoms with van der Waals surface area (Å²) in [6, 6.07) is 5.71. The molecule has 1 amide bonds. The maximum Gasteiger partial charge on any atom is 0.393 e. The Morgan fingerprint density at radius 3 is 2.41 bits per heavy atom. The molecule has 11 nitrogen and oxygen atoms in total. The molecule has 0 radical (unpaired) electrons. The molecule has 4 aromatic rings. The molecule has 166 valence electrons. The molecule has 32 heavy (non-hydrogen) atoms. The van der Waals surface area contributed by atoms with E-state index < -0.39 is 23.4 Å². The zero-order valence-electron chi connectivity index (χ0n) is 17.3. The maximum atomic E-state index is 13.8. The Labute approximate surface area is 179 Å². The van der Waals surface area contributed by atoms with Gasteiger partial charge in [-0.25, -0.2) is 19.0 Å². The number of aromatic carboxylic acids is 1. The topological polar surface area (TPSA) is 181 Å². The Bertz CT molecular complexity index is 1360. The van der Waals surface area contributed by atoms with Crippen LogP contribution in [0.3, 0.4) is 0 Å². The van der Waals surface area contributed by atoms with Gasteiger partial charge in [-0.05, 0) is 23.8 Å². The summed E-state index contributed by atoms with van der Waals surface area (Å²) in [6.45, 7) is 5.60. The monoisotopic (exact) mass is 442 g/mol. The lowest BCUT2D eigenvalue weighted by atomic mass is 9.97. The van der Waals surface area contributed by atoms with Crippen molar-refractivity contribution in [2.24, 2.45) is 5.73 Å². The highest BCUT2D eigenvalue weighted by Gasteiger charge is 2.23.